The number of urea groups is 1. The molecule has 2 saturated heterocycles. The van der Waals surface area contributed by atoms with Crippen molar-refractivity contribution in [1.29, 1.82) is 0 Å². The third kappa shape index (κ3) is 8.12. The molecule has 0 unspecified atom stereocenters. The second kappa shape index (κ2) is 16.1. The number of hydrogen-bond donors (Lipinski definition) is 3. The van der Waals surface area contributed by atoms with Crippen molar-refractivity contribution in [3.8, 4) is 22.4 Å². The summed E-state index contributed by atoms with van der Waals surface area (Å²) in [6.45, 7) is 8.05. The number of aromatic nitrogens is 7. The largest absolute Gasteiger partial charge is 0.382 e. The van der Waals surface area contributed by atoms with E-state index in [2.05, 4.69) is 87.2 Å². The molecule has 2 atom stereocenters. The molecular formula is C41H45N13O. The van der Waals surface area contributed by atoms with Crippen molar-refractivity contribution in [2.75, 3.05) is 57.2 Å². The molecular weight excluding hydrogens is 691 g/mol. The highest BCUT2D eigenvalue weighted by molar-refractivity contribution is 6.04. The van der Waals surface area contributed by atoms with E-state index < -0.39 is 0 Å². The van der Waals surface area contributed by atoms with Crippen LogP contribution in [0.15, 0.2) is 104 Å². The molecule has 14 nitrogen and oxygen atoms in total. The average molecular weight is 736 g/mol. The number of fused-ring (bicyclic) bond motifs is 8. The van der Waals surface area contributed by atoms with Gasteiger partial charge in [0.1, 0.15) is 5.82 Å². The van der Waals surface area contributed by atoms with E-state index in [-0.39, 0.29) is 19.5 Å². The number of nitrogens with one attached hydrogen (secondary N) is 2. The highest BCUT2D eigenvalue weighted by Gasteiger charge is 2.40. The van der Waals surface area contributed by atoms with E-state index in [1.807, 2.05) is 38.2 Å². The zero-order valence-corrected chi connectivity index (χ0v) is 30.2. The molecule has 10 rings (SSSR count). The fourth-order valence-corrected chi connectivity index (χ4v) is 7.34. The second-order valence-electron chi connectivity index (χ2n) is 13.7. The van der Waals surface area contributed by atoms with Gasteiger partial charge in [-0.05, 0) is 111 Å². The maximum Gasteiger partial charge on any atom is 0.329 e. The summed E-state index contributed by atoms with van der Waals surface area (Å²) in [6, 6.07) is 26.3. The van der Waals surface area contributed by atoms with Crippen molar-refractivity contribution >= 4 is 40.5 Å². The molecule has 5 aromatic heterocycles. The Hall–Kier alpha value is -6.70. The molecule has 1 aromatic carbocycles. The lowest BCUT2D eigenvalue weighted by Crippen LogP contribution is -2.48. The summed E-state index contributed by atoms with van der Waals surface area (Å²) in [5, 5.41) is 21.3. The van der Waals surface area contributed by atoms with Gasteiger partial charge in [-0.15, -0.1) is 10.2 Å². The number of aryl methyl sites for hydroxylation is 2. The first-order chi connectivity index (χ1) is 26.4. The lowest BCUT2D eigenvalue weighted by molar-refractivity contribution is 0.254. The topological polar surface area (TPSA) is 167 Å². The molecule has 4 N–H and O–H groups in total. The molecule has 280 valence electrons. The molecule has 0 saturated carbocycles. The summed E-state index contributed by atoms with van der Waals surface area (Å²) < 4.78 is 0. The van der Waals surface area contributed by atoms with Crippen molar-refractivity contribution < 1.29 is 4.79 Å². The van der Waals surface area contributed by atoms with Gasteiger partial charge in [-0.2, -0.15) is 10.2 Å². The second-order valence-corrected chi connectivity index (χ2v) is 13.7. The smallest absolute Gasteiger partial charge is 0.329 e. The van der Waals surface area contributed by atoms with Crippen LogP contribution in [0.25, 0.3) is 22.4 Å². The summed E-state index contributed by atoms with van der Waals surface area (Å²) in [5.41, 5.74) is 15.1. The number of carbonyl (C=O) groups excluding carboxylic acids is 1. The number of hydrogen-bond acceptors (Lipinski definition) is 12. The van der Waals surface area contributed by atoms with Crippen LogP contribution in [-0.4, -0.2) is 79.6 Å². The molecule has 6 aromatic rings. The summed E-state index contributed by atoms with van der Waals surface area (Å²) in [5.74, 6) is 1.57. The molecule has 4 aliphatic rings. The van der Waals surface area contributed by atoms with Crippen molar-refractivity contribution in [1.82, 2.24) is 35.3 Å². The predicted octanol–water partition coefficient (Wildman–Crippen LogP) is 6.63. The van der Waals surface area contributed by atoms with E-state index >= 15 is 0 Å². The van der Waals surface area contributed by atoms with Gasteiger partial charge >= 0.3 is 6.03 Å². The number of anilines is 6. The minimum Gasteiger partial charge on any atom is -0.382 e. The monoisotopic (exact) mass is 735 g/mol. The van der Waals surface area contributed by atoms with Crippen molar-refractivity contribution in [2.24, 2.45) is 0 Å². The van der Waals surface area contributed by atoms with Crippen molar-refractivity contribution in [2.45, 2.75) is 46.2 Å². The maximum atomic E-state index is 13.1. The Morgan fingerprint density at radius 3 is 2.16 bits per heavy atom. The Balaban J connectivity index is 0.000000148. The standard InChI is InChI=1S/C20H19N7O.C16H17N3.C4H5N3.CH4/c1-13-11-14(6-9-21-13)16-4-5-17-19(23-16)27(15-7-10-26(17)12-15)20(28)24-18-3-2-8-22-25-18;1-11-8-13(4-6-17-11)12-2-3-16-15(9-12)18-14-5-7-19(16)10-14;5-4-2-1-3-6-7-4;/h2-6,8-9,11,15H,7,10,12H2,1H3,(H,24,25,28);2-4,6,8-9,14,18H,5,7,10H2,1H3;1-3H,(H2,5,7);1H4/t15-;14-;;/m00../s1. The van der Waals surface area contributed by atoms with Gasteiger partial charge < -0.3 is 20.9 Å². The quantitative estimate of drug-likeness (QED) is 0.178. The van der Waals surface area contributed by atoms with Crippen LogP contribution in [0.3, 0.4) is 0 Å². The molecule has 4 bridgehead atoms. The third-order valence-electron chi connectivity index (χ3n) is 9.88. The van der Waals surface area contributed by atoms with Gasteiger partial charge in [0.2, 0.25) is 0 Å². The SMILES string of the molecule is C.Cc1cc(-c2ccc3c(c2)N[C@H]2CCN3C2)ccn1.Cc1cc(-c2ccc3c(n2)N(C(=O)Nc2cccnn2)[C@H]2CCN3C2)ccn1.Nc1cccnn1. The lowest BCUT2D eigenvalue weighted by Gasteiger charge is -2.35. The summed E-state index contributed by atoms with van der Waals surface area (Å²) in [4.78, 5) is 33.0. The number of amides is 2. The Labute approximate surface area is 320 Å². The van der Waals surface area contributed by atoms with Crippen molar-refractivity contribution in [3.05, 3.63) is 115 Å². The highest BCUT2D eigenvalue weighted by Crippen LogP contribution is 2.41. The Kier molecular flexibility index (Phi) is 10.7. The lowest BCUT2D eigenvalue weighted by atomic mass is 10.0. The van der Waals surface area contributed by atoms with Crippen LogP contribution in [0.4, 0.5) is 39.3 Å². The fraction of sp³-hybridized carbons (Fsp3) is 0.268. The molecule has 2 amide bonds. The zero-order chi connectivity index (χ0) is 37.0. The first-order valence-electron chi connectivity index (χ1n) is 18.1. The van der Waals surface area contributed by atoms with E-state index in [0.717, 1.165) is 54.4 Å². The summed E-state index contributed by atoms with van der Waals surface area (Å²) in [6.07, 6.45) is 8.97. The van der Waals surface area contributed by atoms with Gasteiger partial charge in [0.15, 0.2) is 11.6 Å². The van der Waals surface area contributed by atoms with Crippen LogP contribution in [0.1, 0.15) is 31.7 Å². The number of pyridine rings is 3. The van der Waals surface area contributed by atoms with Crippen LogP contribution in [0.2, 0.25) is 0 Å². The number of rotatable bonds is 3. The van der Waals surface area contributed by atoms with E-state index in [0.29, 0.717) is 23.5 Å². The Bertz CT molecular complexity index is 2260. The number of nitrogens with zero attached hydrogens (tertiary/aromatic N) is 10. The first kappa shape index (κ1) is 36.6. The first-order valence-corrected chi connectivity index (χ1v) is 18.1. The van der Waals surface area contributed by atoms with Gasteiger partial charge in [0.05, 0.1) is 28.8 Å². The normalized spacial score (nSPS) is 16.9. The van der Waals surface area contributed by atoms with Crippen LogP contribution in [0.5, 0.6) is 0 Å². The van der Waals surface area contributed by atoms with E-state index in [1.165, 1.54) is 35.5 Å². The van der Waals surface area contributed by atoms with Gasteiger partial charge in [0.25, 0.3) is 0 Å². The van der Waals surface area contributed by atoms with E-state index in [1.54, 1.807) is 47.8 Å². The number of nitrogens with two attached hydrogens (primary N) is 1. The summed E-state index contributed by atoms with van der Waals surface area (Å²) in [7, 11) is 0. The number of nitrogen functional groups attached to an aromatic ring is 1. The molecule has 0 spiro atoms. The van der Waals surface area contributed by atoms with Crippen molar-refractivity contribution in [3.63, 3.8) is 0 Å². The van der Waals surface area contributed by atoms with Gasteiger partial charge in [-0.1, -0.05) is 13.5 Å². The van der Waals surface area contributed by atoms with E-state index in [4.69, 9.17) is 10.7 Å². The zero-order valence-electron chi connectivity index (χ0n) is 30.2. The fourth-order valence-electron chi connectivity index (χ4n) is 7.34. The molecule has 55 heavy (non-hydrogen) atoms. The van der Waals surface area contributed by atoms with Crippen LogP contribution < -0.4 is 31.1 Å². The third-order valence-corrected chi connectivity index (χ3v) is 9.88. The average Bonchev–Trinajstić information content (AvgIpc) is 3.80. The molecule has 9 heterocycles. The van der Waals surface area contributed by atoms with Crippen LogP contribution in [-0.2, 0) is 0 Å². The number of carbonyl (C=O) groups is 1. The molecule has 0 radical (unpaired) electrons. The van der Waals surface area contributed by atoms with Gasteiger partial charge in [-0.25, -0.2) is 9.78 Å². The maximum absolute atomic E-state index is 13.1. The highest BCUT2D eigenvalue weighted by atomic mass is 16.2. The van der Waals surface area contributed by atoms with Gasteiger partial charge in [-0.3, -0.25) is 20.2 Å². The molecule has 2 fully saturated rings. The predicted molar refractivity (Wildman–Crippen MR) is 218 cm³/mol. The Morgan fingerprint density at radius 2 is 1.45 bits per heavy atom. The van der Waals surface area contributed by atoms with E-state index in [9.17, 15) is 4.79 Å². The minimum atomic E-state index is -0.233. The minimum absolute atomic E-state index is 0. The van der Waals surface area contributed by atoms with Gasteiger partial charge in [0, 0.05) is 74.0 Å². The Morgan fingerprint density at radius 1 is 0.764 bits per heavy atom. The number of benzene rings is 1. The summed E-state index contributed by atoms with van der Waals surface area (Å²) >= 11 is 0. The molecule has 0 aliphatic carbocycles. The molecule has 14 heteroatoms. The van der Waals surface area contributed by atoms with Crippen LogP contribution in [0, 0.1) is 13.8 Å². The van der Waals surface area contributed by atoms with Crippen LogP contribution >= 0.6 is 0 Å². The molecule has 4 aliphatic heterocycles.